The number of hydrogen-bond donors (Lipinski definition) is 0. The normalized spacial score (nSPS) is 11.5. The van der Waals surface area contributed by atoms with E-state index in [-0.39, 0.29) is 5.82 Å². The third kappa shape index (κ3) is 3.95. The van der Waals surface area contributed by atoms with Gasteiger partial charge in [0.25, 0.3) is 0 Å². The van der Waals surface area contributed by atoms with E-state index in [9.17, 15) is 4.39 Å². The van der Waals surface area contributed by atoms with Gasteiger partial charge < -0.3 is 0 Å². The first-order valence-electron chi connectivity index (χ1n) is 10.6. The molecule has 5 aromatic rings. The summed E-state index contributed by atoms with van der Waals surface area (Å²) >= 11 is -3.56. The number of rotatable bonds is 5. The van der Waals surface area contributed by atoms with Crippen LogP contribution in [0.4, 0.5) is 4.39 Å². The zero-order chi connectivity index (χ0) is 21.1. The first kappa shape index (κ1) is 20.1. The Morgan fingerprint density at radius 3 is 1.48 bits per heavy atom. The minimum absolute atomic E-state index is 0.185. The zero-order valence-corrected chi connectivity index (χ0v) is 21.1. The molecule has 0 fully saturated rings. The molecule has 0 atom stereocenters. The van der Waals surface area contributed by atoms with Gasteiger partial charge in [0.2, 0.25) is 0 Å². The first-order valence-corrected chi connectivity index (χ1v) is 19.2. The number of fused-ring (bicyclic) bond motifs is 1. The summed E-state index contributed by atoms with van der Waals surface area (Å²) in [5.41, 5.74) is 1.27. The van der Waals surface area contributed by atoms with Crippen LogP contribution in [0.1, 0.15) is 5.56 Å². The zero-order valence-electron chi connectivity index (χ0n) is 17.2. The van der Waals surface area contributed by atoms with Gasteiger partial charge in [0.1, 0.15) is 0 Å². The van der Waals surface area contributed by atoms with Crippen LogP contribution in [0.3, 0.4) is 0 Å². The number of benzene rings is 5. The fourth-order valence-corrected chi connectivity index (χ4v) is 23.0. The van der Waals surface area contributed by atoms with Crippen molar-refractivity contribution in [2.75, 3.05) is 0 Å². The SMILES string of the molecule is Fc1ccc2ccc([CH2][Pb]([c]3ccccc3)([c]3ccccc3)[c]3ccccc3)cc2c1. The fraction of sp³-hybridized carbons (Fsp3) is 0.0345. The van der Waals surface area contributed by atoms with Gasteiger partial charge in [0.05, 0.1) is 0 Å². The van der Waals surface area contributed by atoms with Crippen molar-refractivity contribution in [2.45, 2.75) is 3.98 Å². The number of halogens is 1. The van der Waals surface area contributed by atoms with Crippen LogP contribution in [0.5, 0.6) is 0 Å². The van der Waals surface area contributed by atoms with E-state index in [1.807, 2.05) is 6.07 Å². The van der Waals surface area contributed by atoms with E-state index < -0.39 is 21.2 Å². The molecule has 0 nitrogen and oxygen atoms in total. The fourth-order valence-electron chi connectivity index (χ4n) is 4.66. The quantitative estimate of drug-likeness (QED) is 0.244. The van der Waals surface area contributed by atoms with Crippen LogP contribution in [-0.2, 0) is 3.98 Å². The Bertz CT molecular complexity index is 1200. The van der Waals surface area contributed by atoms with E-state index in [1.54, 1.807) is 6.07 Å². The summed E-state index contributed by atoms with van der Waals surface area (Å²) in [6.07, 6.45) is 0. The van der Waals surface area contributed by atoms with Crippen LogP contribution in [0.2, 0.25) is 0 Å². The molecule has 31 heavy (non-hydrogen) atoms. The predicted octanol–water partition coefficient (Wildman–Crippen LogP) is 5.23. The third-order valence-corrected chi connectivity index (χ3v) is 25.2. The van der Waals surface area contributed by atoms with E-state index in [0.29, 0.717) is 0 Å². The molecule has 0 aliphatic rings. The number of hydrogen-bond acceptors (Lipinski definition) is 0. The van der Waals surface area contributed by atoms with Crippen LogP contribution < -0.4 is 9.37 Å². The van der Waals surface area contributed by atoms with Crippen molar-refractivity contribution in [3.63, 3.8) is 0 Å². The molecule has 0 aliphatic heterocycles. The molecule has 0 radical (unpaired) electrons. The van der Waals surface area contributed by atoms with Gasteiger partial charge in [0, 0.05) is 0 Å². The molecule has 0 unspecified atom stereocenters. The Morgan fingerprint density at radius 2 is 0.968 bits per heavy atom. The van der Waals surface area contributed by atoms with Crippen LogP contribution in [-0.4, -0.2) is 21.2 Å². The summed E-state index contributed by atoms with van der Waals surface area (Å²) in [5.74, 6) is -0.185. The summed E-state index contributed by atoms with van der Waals surface area (Å²) < 4.78 is 19.3. The van der Waals surface area contributed by atoms with Crippen molar-refractivity contribution in [3.05, 3.63) is 139 Å². The molecule has 0 aliphatic carbocycles. The molecule has 0 saturated heterocycles. The van der Waals surface area contributed by atoms with Crippen molar-refractivity contribution in [1.29, 1.82) is 0 Å². The van der Waals surface area contributed by atoms with E-state index in [0.717, 1.165) is 14.8 Å². The van der Waals surface area contributed by atoms with E-state index in [4.69, 9.17) is 0 Å². The molecule has 150 valence electrons. The van der Waals surface area contributed by atoms with Gasteiger partial charge in [-0.2, -0.15) is 0 Å². The maximum absolute atomic E-state index is 13.9. The Balaban J connectivity index is 1.76. The Kier molecular flexibility index (Phi) is 5.69. The Labute approximate surface area is 187 Å². The standard InChI is InChI=1S/C11H8F.3C6H5.Pb/c1-8-2-3-9-4-5-11(12)7-10(9)6-8;3*1-2-4-6-5-3-1;/h2-7H,1H2;3*1-5H;. The van der Waals surface area contributed by atoms with E-state index in [1.165, 1.54) is 21.0 Å². The van der Waals surface area contributed by atoms with Gasteiger partial charge in [-0.25, -0.2) is 0 Å². The summed E-state index contributed by atoms with van der Waals surface area (Å²) in [7, 11) is 0. The van der Waals surface area contributed by atoms with Crippen molar-refractivity contribution in [2.24, 2.45) is 0 Å². The Morgan fingerprint density at radius 1 is 0.484 bits per heavy atom. The van der Waals surface area contributed by atoms with Gasteiger partial charge in [0.15, 0.2) is 0 Å². The molecule has 0 spiro atoms. The van der Waals surface area contributed by atoms with Crippen LogP contribution >= 0.6 is 0 Å². The van der Waals surface area contributed by atoms with Crippen LogP contribution in [0.15, 0.2) is 127 Å². The van der Waals surface area contributed by atoms with Gasteiger partial charge in [-0.15, -0.1) is 0 Å². The van der Waals surface area contributed by atoms with Gasteiger partial charge in [-0.05, 0) is 0 Å². The molecule has 0 aromatic heterocycles. The molecule has 0 heterocycles. The molecule has 2 heteroatoms. The molecule has 0 N–H and O–H groups in total. The van der Waals surface area contributed by atoms with Crippen molar-refractivity contribution < 1.29 is 4.39 Å². The monoisotopic (exact) mass is 598 g/mol. The van der Waals surface area contributed by atoms with Gasteiger partial charge >= 0.3 is 188 Å². The summed E-state index contributed by atoms with van der Waals surface area (Å²) in [4.78, 5) is 0. The second kappa shape index (κ2) is 8.75. The van der Waals surface area contributed by atoms with Crippen molar-refractivity contribution in [3.8, 4) is 0 Å². The molecule has 5 rings (SSSR count). The molecular formula is C29H23FPb. The molecule has 0 saturated carbocycles. The molecule has 5 aromatic carbocycles. The average molecular weight is 598 g/mol. The van der Waals surface area contributed by atoms with Crippen molar-refractivity contribution >= 4 is 41.3 Å². The third-order valence-electron chi connectivity index (χ3n) is 6.14. The molecule has 0 amide bonds. The topological polar surface area (TPSA) is 0 Å². The molecular weight excluding hydrogens is 575 g/mol. The van der Waals surface area contributed by atoms with Crippen LogP contribution in [0, 0.1) is 5.82 Å². The van der Waals surface area contributed by atoms with Gasteiger partial charge in [-0.3, -0.25) is 0 Å². The minimum atomic E-state index is -3.56. The average Bonchev–Trinajstić information content (AvgIpc) is 2.84. The van der Waals surface area contributed by atoms with Crippen LogP contribution in [0.25, 0.3) is 10.8 Å². The summed E-state index contributed by atoms with van der Waals surface area (Å²) in [5, 5.41) is 2.04. The first-order chi connectivity index (χ1) is 15.3. The van der Waals surface area contributed by atoms with E-state index >= 15 is 0 Å². The predicted molar refractivity (Wildman–Crippen MR) is 132 cm³/mol. The van der Waals surface area contributed by atoms with Gasteiger partial charge in [-0.1, -0.05) is 0 Å². The molecule has 0 bridgehead atoms. The summed E-state index contributed by atoms with van der Waals surface area (Å²) in [6.45, 7) is 0. The maximum atomic E-state index is 13.9. The van der Waals surface area contributed by atoms with Crippen molar-refractivity contribution in [1.82, 2.24) is 0 Å². The summed E-state index contributed by atoms with van der Waals surface area (Å²) in [6, 6.07) is 44.7. The second-order valence-corrected chi connectivity index (χ2v) is 23.2. The Hall–Kier alpha value is -2.79. The second-order valence-electron chi connectivity index (χ2n) is 8.01. The van der Waals surface area contributed by atoms with E-state index in [2.05, 4.69) is 109 Å².